The van der Waals surface area contributed by atoms with Crippen molar-refractivity contribution in [3.05, 3.63) is 71.9 Å². The molecule has 5 rings (SSSR count). The molecule has 1 aromatic carbocycles. The van der Waals surface area contributed by atoms with Crippen LogP contribution < -0.4 is 20.3 Å². The molecule has 0 spiro atoms. The molecule has 2 N–H and O–H groups in total. The van der Waals surface area contributed by atoms with E-state index in [-0.39, 0.29) is 12.0 Å². The Kier molecular flexibility index (Phi) is 8.25. The van der Waals surface area contributed by atoms with Crippen molar-refractivity contribution in [2.75, 3.05) is 56.7 Å². The third kappa shape index (κ3) is 6.30. The van der Waals surface area contributed by atoms with Gasteiger partial charge in [-0.2, -0.15) is 0 Å². The predicted octanol–water partition coefficient (Wildman–Crippen LogP) is 4.23. The number of esters is 1. The van der Waals surface area contributed by atoms with Crippen LogP contribution in [0.5, 0.6) is 5.75 Å². The highest BCUT2D eigenvalue weighted by atomic mass is 35.5. The predicted molar refractivity (Wildman–Crippen MR) is 149 cm³/mol. The van der Waals surface area contributed by atoms with E-state index >= 15 is 0 Å². The molecular weight excluding hydrogens is 523 g/mol. The quantitative estimate of drug-likeness (QED) is 0.398. The highest BCUT2D eigenvalue weighted by Gasteiger charge is 2.26. The number of pyridine rings is 2. The molecule has 1 unspecified atom stereocenters. The zero-order valence-electron chi connectivity index (χ0n) is 21.6. The van der Waals surface area contributed by atoms with Crippen LogP contribution in [0.4, 0.5) is 21.6 Å². The first kappa shape index (κ1) is 26.9. The molecule has 0 amide bonds. The molecule has 0 aliphatic carbocycles. The first-order valence-electron chi connectivity index (χ1n) is 12.7. The van der Waals surface area contributed by atoms with Gasteiger partial charge in [-0.25, -0.2) is 9.37 Å². The number of hydrogen-bond acceptors (Lipinski definition) is 9. The first-order valence-corrected chi connectivity index (χ1v) is 13.1. The van der Waals surface area contributed by atoms with Gasteiger partial charge in [0.05, 0.1) is 31.2 Å². The summed E-state index contributed by atoms with van der Waals surface area (Å²) in [6.07, 6.45) is 4.04. The van der Waals surface area contributed by atoms with Crippen molar-refractivity contribution in [2.45, 2.75) is 12.5 Å². The number of nitrogens with one attached hydrogen (secondary N) is 2. The molecule has 1 atom stereocenters. The molecule has 0 saturated carbocycles. The summed E-state index contributed by atoms with van der Waals surface area (Å²) in [7, 11) is 1.40. The number of anilines is 3. The Morgan fingerprint density at radius 3 is 3.00 bits per heavy atom. The van der Waals surface area contributed by atoms with E-state index in [2.05, 4.69) is 37.0 Å². The fourth-order valence-electron chi connectivity index (χ4n) is 4.74. The molecule has 0 bridgehead atoms. The maximum Gasteiger partial charge on any atom is 0.324 e. The van der Waals surface area contributed by atoms with Crippen LogP contribution in [0.15, 0.2) is 61.1 Å². The van der Waals surface area contributed by atoms with Gasteiger partial charge < -0.3 is 25.0 Å². The monoisotopic (exact) mass is 552 g/mol. The van der Waals surface area contributed by atoms with Gasteiger partial charge in [0.25, 0.3) is 0 Å². The van der Waals surface area contributed by atoms with E-state index < -0.39 is 5.82 Å². The van der Waals surface area contributed by atoms with Gasteiger partial charge >= 0.3 is 5.97 Å². The molecule has 4 heterocycles. The molecule has 1 saturated heterocycles. The van der Waals surface area contributed by atoms with E-state index in [0.717, 1.165) is 36.7 Å². The van der Waals surface area contributed by atoms with Gasteiger partial charge in [0.1, 0.15) is 24.3 Å². The Balaban J connectivity index is 1.28. The van der Waals surface area contributed by atoms with Crippen molar-refractivity contribution >= 4 is 34.8 Å². The van der Waals surface area contributed by atoms with Crippen LogP contribution in [-0.4, -0.2) is 73.3 Å². The number of nitrogens with zero attached hydrogens (tertiary/aromatic N) is 4. The smallest absolute Gasteiger partial charge is 0.324 e. The lowest BCUT2D eigenvalue weighted by atomic mass is 10.1. The second-order valence-corrected chi connectivity index (χ2v) is 9.81. The van der Waals surface area contributed by atoms with Crippen molar-refractivity contribution in [1.82, 2.24) is 20.2 Å². The molecule has 9 nitrogen and oxygen atoms in total. The van der Waals surface area contributed by atoms with Crippen LogP contribution in [0.2, 0.25) is 5.02 Å². The van der Waals surface area contributed by atoms with Crippen LogP contribution in [0.1, 0.15) is 6.42 Å². The Morgan fingerprint density at radius 1 is 1.28 bits per heavy atom. The van der Waals surface area contributed by atoms with Crippen LogP contribution in [0.25, 0.3) is 11.3 Å². The molecule has 3 aromatic rings. The van der Waals surface area contributed by atoms with E-state index in [4.69, 9.17) is 21.1 Å². The fraction of sp³-hybridized carbons (Fsp3) is 0.321. The minimum absolute atomic E-state index is 0.247. The van der Waals surface area contributed by atoms with Gasteiger partial charge in [-0.05, 0) is 36.8 Å². The first-order chi connectivity index (χ1) is 18.9. The summed E-state index contributed by atoms with van der Waals surface area (Å²) < 4.78 is 25.2. The van der Waals surface area contributed by atoms with Crippen LogP contribution in [0.3, 0.4) is 0 Å². The number of fused-ring (bicyclic) bond motifs is 1. The summed E-state index contributed by atoms with van der Waals surface area (Å²) in [5, 5.41) is 6.92. The lowest BCUT2D eigenvalue weighted by Crippen LogP contribution is -2.54. The summed E-state index contributed by atoms with van der Waals surface area (Å²) >= 11 is 6.11. The second kappa shape index (κ2) is 12.0. The van der Waals surface area contributed by atoms with E-state index in [1.54, 1.807) is 18.5 Å². The zero-order chi connectivity index (χ0) is 27.4. The number of carbonyl (C=O) groups is 1. The van der Waals surface area contributed by atoms with E-state index in [0.29, 0.717) is 54.0 Å². The summed E-state index contributed by atoms with van der Waals surface area (Å²) in [6.45, 7) is 8.18. The van der Waals surface area contributed by atoms with Gasteiger partial charge in [-0.1, -0.05) is 18.2 Å². The number of ether oxygens (including phenoxy) is 2. The number of carbonyl (C=O) groups excluding carboxylic acids is 1. The number of rotatable bonds is 8. The minimum Gasteiger partial charge on any atom is -0.488 e. The average Bonchev–Trinajstić information content (AvgIpc) is 2.96. The van der Waals surface area contributed by atoms with Crippen molar-refractivity contribution < 1.29 is 18.7 Å². The Bertz CT molecular complexity index is 1370. The Labute approximate surface area is 231 Å². The Hall–Kier alpha value is -3.73. The van der Waals surface area contributed by atoms with Crippen LogP contribution >= 0.6 is 11.6 Å². The summed E-state index contributed by atoms with van der Waals surface area (Å²) in [6, 6.07) is 9.76. The summed E-state index contributed by atoms with van der Waals surface area (Å²) in [4.78, 5) is 25.0. The summed E-state index contributed by atoms with van der Waals surface area (Å²) in [5.41, 5.74) is 3.29. The lowest BCUT2D eigenvalue weighted by molar-refractivity contribution is -0.144. The summed E-state index contributed by atoms with van der Waals surface area (Å²) in [5.74, 6) is 0.631. The lowest BCUT2D eigenvalue weighted by Gasteiger charge is -2.32. The molecular formula is C28H30ClFN6O3. The van der Waals surface area contributed by atoms with Crippen LogP contribution in [0, 0.1) is 5.82 Å². The topological polar surface area (TPSA) is 91.9 Å². The normalized spacial score (nSPS) is 17.2. The molecule has 1 fully saturated rings. The van der Waals surface area contributed by atoms with Crippen LogP contribution in [-0.2, 0) is 9.53 Å². The van der Waals surface area contributed by atoms with Gasteiger partial charge in [0.15, 0.2) is 5.75 Å². The van der Waals surface area contributed by atoms with Crippen molar-refractivity contribution in [3.63, 3.8) is 0 Å². The van der Waals surface area contributed by atoms with Crippen molar-refractivity contribution in [1.29, 1.82) is 0 Å². The van der Waals surface area contributed by atoms with E-state index in [9.17, 15) is 9.18 Å². The number of piperazine rings is 1. The third-order valence-electron chi connectivity index (χ3n) is 6.75. The number of aromatic nitrogens is 2. The van der Waals surface area contributed by atoms with Gasteiger partial charge in [-0.3, -0.25) is 14.7 Å². The van der Waals surface area contributed by atoms with E-state index in [1.807, 2.05) is 18.2 Å². The zero-order valence-corrected chi connectivity index (χ0v) is 22.4. The molecule has 11 heteroatoms. The number of benzene rings is 1. The van der Waals surface area contributed by atoms with Crippen molar-refractivity contribution in [2.24, 2.45) is 0 Å². The maximum absolute atomic E-state index is 14.5. The highest BCUT2D eigenvalue weighted by Crippen LogP contribution is 2.39. The molecule has 2 aromatic heterocycles. The highest BCUT2D eigenvalue weighted by molar-refractivity contribution is 6.30. The number of methoxy groups -OCH3 is 1. The number of hydrogen-bond donors (Lipinski definition) is 2. The standard InChI is InChI=1S/C28H30ClFN6O3/c1-18(6-9-35-10-8-31-24(17-35)28(37)38-2)34-27-14-20(5-7-32-27)36-11-12-39-26-16-33-23(15-25(26)36)21-13-19(29)3-4-22(21)30/h3-5,7,13-16,24,31H,1,6,8-12,17H2,2H3,(H,32,34). The fourth-order valence-corrected chi connectivity index (χ4v) is 4.91. The molecule has 2 aliphatic rings. The minimum atomic E-state index is -0.398. The average molecular weight is 553 g/mol. The molecule has 204 valence electrons. The van der Waals surface area contributed by atoms with Gasteiger partial charge in [0, 0.05) is 60.4 Å². The largest absolute Gasteiger partial charge is 0.488 e. The maximum atomic E-state index is 14.5. The van der Waals surface area contributed by atoms with E-state index in [1.165, 1.54) is 19.2 Å². The Morgan fingerprint density at radius 2 is 2.15 bits per heavy atom. The second-order valence-electron chi connectivity index (χ2n) is 9.37. The van der Waals surface area contributed by atoms with Gasteiger partial charge in [-0.15, -0.1) is 0 Å². The van der Waals surface area contributed by atoms with Crippen molar-refractivity contribution in [3.8, 4) is 17.0 Å². The SMILES string of the molecule is C=C(CCN1CCNC(C(=O)OC)C1)Nc1cc(N2CCOc3cnc(-c4cc(Cl)ccc4F)cc32)ccn1. The van der Waals surface area contributed by atoms with Gasteiger partial charge in [0.2, 0.25) is 0 Å². The number of halogens is 2. The third-order valence-corrected chi connectivity index (χ3v) is 6.98. The molecule has 0 radical (unpaired) electrons. The molecule has 39 heavy (non-hydrogen) atoms. The molecule has 2 aliphatic heterocycles.